The lowest BCUT2D eigenvalue weighted by Crippen LogP contribution is -2.77. The molecule has 48 heavy (non-hydrogen) atoms. The van der Waals surface area contributed by atoms with Crippen molar-refractivity contribution in [1.82, 2.24) is 0 Å². The summed E-state index contributed by atoms with van der Waals surface area (Å²) in [6, 6.07) is 6.34. The Kier molecular flexibility index (Phi) is 11.2. The van der Waals surface area contributed by atoms with Crippen molar-refractivity contribution in [2.75, 3.05) is 0 Å². The van der Waals surface area contributed by atoms with E-state index in [-0.39, 0.29) is 0 Å². The van der Waals surface area contributed by atoms with Gasteiger partial charge in [-0.3, -0.25) is 0 Å². The number of halogens is 21. The zero-order valence-corrected chi connectivity index (χ0v) is 24.1. The fourth-order valence-corrected chi connectivity index (χ4v) is 5.15. The maximum Gasteiger partial charge on any atom is 0.460 e. The van der Waals surface area contributed by atoms with E-state index >= 15 is 0 Å². The van der Waals surface area contributed by atoms with Gasteiger partial charge in [-0.2, -0.15) is 92.2 Å². The van der Waals surface area contributed by atoms with E-state index in [1.54, 1.807) is 12.1 Å². The average Bonchev–Trinajstić information content (AvgIpc) is 2.96. The molecule has 1 aliphatic carbocycles. The number of benzene rings is 1. The Morgan fingerprint density at radius 2 is 0.812 bits per heavy atom. The van der Waals surface area contributed by atoms with Crippen LogP contribution in [-0.2, 0) is 6.42 Å². The van der Waals surface area contributed by atoms with Gasteiger partial charge < -0.3 is 0 Å². The number of aryl methyl sites for hydroxylation is 1. The quantitative estimate of drug-likeness (QED) is 0.131. The fraction of sp³-hybridized carbons (Fsp3) is 0.778. The predicted molar refractivity (Wildman–Crippen MR) is 125 cm³/mol. The number of alkyl halides is 21. The van der Waals surface area contributed by atoms with Crippen molar-refractivity contribution in [3.05, 3.63) is 35.4 Å². The highest BCUT2D eigenvalue weighted by Crippen LogP contribution is 2.67. The van der Waals surface area contributed by atoms with Gasteiger partial charge in [-0.25, -0.2) is 0 Å². The van der Waals surface area contributed by atoms with Gasteiger partial charge >= 0.3 is 59.5 Å². The zero-order chi connectivity index (χ0) is 37.8. The summed E-state index contributed by atoms with van der Waals surface area (Å²) in [5.74, 6) is -80.3. The van der Waals surface area contributed by atoms with Crippen molar-refractivity contribution in [1.29, 1.82) is 0 Å². The molecule has 1 saturated carbocycles. The summed E-state index contributed by atoms with van der Waals surface area (Å²) in [6.07, 6.45) is -8.19. The van der Waals surface area contributed by atoms with Crippen LogP contribution in [0.25, 0.3) is 0 Å². The van der Waals surface area contributed by atoms with E-state index in [2.05, 4.69) is 0 Å². The highest BCUT2D eigenvalue weighted by atomic mass is 19.4. The molecule has 0 atom stereocenters. The van der Waals surface area contributed by atoms with Crippen LogP contribution in [0.4, 0.5) is 92.2 Å². The van der Waals surface area contributed by atoms with Gasteiger partial charge in [0, 0.05) is 5.92 Å². The molecule has 1 fully saturated rings. The van der Waals surface area contributed by atoms with Crippen molar-refractivity contribution in [2.24, 2.45) is 5.92 Å². The SMILES string of the molecule is CCCCCc1ccc([C@H]2CC[C@H](C(F)(F)C(F)(F)C(F)(F)C(F)(F)C(F)(F)C(F)(F)C(F)(F)C(F)(F)C(F)(F)C(F)(F)F)CC2)cc1. The summed E-state index contributed by atoms with van der Waals surface area (Å²) in [4.78, 5) is 0. The van der Waals surface area contributed by atoms with Gasteiger partial charge in [0.1, 0.15) is 0 Å². The highest BCUT2D eigenvalue weighted by molar-refractivity contribution is 5.26. The van der Waals surface area contributed by atoms with Crippen LogP contribution in [0, 0.1) is 5.92 Å². The first kappa shape index (κ1) is 41.9. The fourth-order valence-electron chi connectivity index (χ4n) is 5.15. The van der Waals surface area contributed by atoms with Gasteiger partial charge in [-0.1, -0.05) is 44.0 Å². The molecule has 0 bridgehead atoms. The normalized spacial score (nSPS) is 20.3. The van der Waals surface area contributed by atoms with E-state index in [9.17, 15) is 92.2 Å². The van der Waals surface area contributed by atoms with E-state index in [1.807, 2.05) is 6.92 Å². The van der Waals surface area contributed by atoms with Crippen molar-refractivity contribution in [3.8, 4) is 0 Å². The lowest BCUT2D eigenvalue weighted by molar-refractivity contribution is -0.475. The molecular weight excluding hydrogens is 723 g/mol. The molecule has 280 valence electrons. The Bertz CT molecular complexity index is 1220. The Hall–Kier alpha value is -2.25. The molecule has 0 unspecified atom stereocenters. The second-order valence-electron chi connectivity index (χ2n) is 11.5. The molecule has 0 amide bonds. The third-order valence-electron chi connectivity index (χ3n) is 8.30. The van der Waals surface area contributed by atoms with E-state index in [1.165, 1.54) is 12.1 Å². The van der Waals surface area contributed by atoms with Gasteiger partial charge in [0.25, 0.3) is 0 Å². The lowest BCUT2D eigenvalue weighted by atomic mass is 9.73. The molecule has 0 spiro atoms. The summed E-state index contributed by atoms with van der Waals surface area (Å²) in [5.41, 5.74) is 1.29. The van der Waals surface area contributed by atoms with E-state index in [4.69, 9.17) is 0 Å². The van der Waals surface area contributed by atoms with Gasteiger partial charge in [0.15, 0.2) is 0 Å². The first-order valence-corrected chi connectivity index (χ1v) is 13.8. The first-order valence-electron chi connectivity index (χ1n) is 13.8. The largest absolute Gasteiger partial charge is 0.460 e. The monoisotopic (exact) mass is 748 g/mol. The van der Waals surface area contributed by atoms with Gasteiger partial charge in [0.2, 0.25) is 0 Å². The van der Waals surface area contributed by atoms with E-state index in [0.717, 1.165) is 24.8 Å². The van der Waals surface area contributed by atoms with Gasteiger partial charge in [-0.15, -0.1) is 0 Å². The average molecular weight is 748 g/mol. The number of hydrogen-bond acceptors (Lipinski definition) is 0. The van der Waals surface area contributed by atoms with Crippen LogP contribution in [0.3, 0.4) is 0 Å². The van der Waals surface area contributed by atoms with Crippen molar-refractivity contribution in [3.63, 3.8) is 0 Å². The van der Waals surface area contributed by atoms with Crippen LogP contribution in [0.15, 0.2) is 24.3 Å². The summed E-state index contributed by atoms with van der Waals surface area (Å²) in [5, 5.41) is 0. The second kappa shape index (κ2) is 12.8. The Morgan fingerprint density at radius 3 is 1.17 bits per heavy atom. The molecule has 1 aliphatic rings. The summed E-state index contributed by atoms with van der Waals surface area (Å²) in [6.45, 7) is 1.95. The summed E-state index contributed by atoms with van der Waals surface area (Å²) in [7, 11) is 0. The molecular formula is C27H25F21. The minimum atomic E-state index is -9.15. The smallest absolute Gasteiger partial charge is 0.199 e. The molecule has 0 N–H and O–H groups in total. The van der Waals surface area contributed by atoms with Crippen LogP contribution < -0.4 is 0 Å². The standard InChI is InChI=1S/C27H25F21/c1-2-3-4-5-14-6-8-15(9-7-14)16-10-12-17(13-11-16)18(28,29)19(30,31)20(32,33)21(34,35)22(36,37)23(38,39)24(40,41)25(42,43)26(44,45)27(46,47)48/h6-9,16-17H,2-5,10-13H2,1H3/t16-,17-. The third kappa shape index (κ3) is 6.18. The zero-order valence-electron chi connectivity index (χ0n) is 24.1. The highest BCUT2D eigenvalue weighted by Gasteiger charge is 2.98. The van der Waals surface area contributed by atoms with Crippen molar-refractivity contribution < 1.29 is 92.2 Å². The topological polar surface area (TPSA) is 0 Å². The molecule has 0 radical (unpaired) electrons. The molecule has 0 aromatic heterocycles. The molecule has 0 nitrogen and oxygen atoms in total. The van der Waals surface area contributed by atoms with E-state index in [0.29, 0.717) is 12.0 Å². The summed E-state index contributed by atoms with van der Waals surface area (Å²) >= 11 is 0. The van der Waals surface area contributed by atoms with Gasteiger partial charge in [-0.05, 0) is 55.6 Å². The molecule has 0 saturated heterocycles. The van der Waals surface area contributed by atoms with Crippen LogP contribution in [0.1, 0.15) is 68.9 Å². The molecule has 1 aromatic carbocycles. The minimum absolute atomic E-state index is 0.440. The second-order valence-corrected chi connectivity index (χ2v) is 11.5. The predicted octanol–water partition coefficient (Wildman–Crippen LogP) is 12.0. The Balaban J connectivity index is 2.40. The lowest BCUT2D eigenvalue weighted by Gasteiger charge is -2.46. The number of hydrogen-bond donors (Lipinski definition) is 0. The van der Waals surface area contributed by atoms with Crippen LogP contribution in [0.2, 0.25) is 0 Å². The third-order valence-corrected chi connectivity index (χ3v) is 8.30. The van der Waals surface area contributed by atoms with Crippen LogP contribution >= 0.6 is 0 Å². The molecule has 1 aromatic rings. The first-order chi connectivity index (χ1) is 21.3. The van der Waals surface area contributed by atoms with Gasteiger partial charge in [0.05, 0.1) is 0 Å². The summed E-state index contributed by atoms with van der Waals surface area (Å²) < 4.78 is 287. The van der Waals surface area contributed by atoms with Crippen LogP contribution in [0.5, 0.6) is 0 Å². The number of rotatable bonds is 14. The molecule has 0 aliphatic heterocycles. The molecule has 2 rings (SSSR count). The van der Waals surface area contributed by atoms with Crippen LogP contribution in [-0.4, -0.2) is 59.5 Å². The molecule has 21 heteroatoms. The maximum atomic E-state index is 14.8. The molecule has 0 heterocycles. The van der Waals surface area contributed by atoms with E-state index < -0.39 is 97.0 Å². The Morgan fingerprint density at radius 1 is 0.458 bits per heavy atom. The van der Waals surface area contributed by atoms with Crippen molar-refractivity contribution in [2.45, 2.75) is 124 Å². The van der Waals surface area contributed by atoms with Crippen molar-refractivity contribution >= 4 is 0 Å². The minimum Gasteiger partial charge on any atom is -0.199 e. The number of unbranched alkanes of at least 4 members (excludes halogenated alkanes) is 2. The Labute approximate surface area is 258 Å². The maximum absolute atomic E-state index is 14.8.